The van der Waals surface area contributed by atoms with Gasteiger partial charge in [-0.05, 0) is 19.8 Å². The summed E-state index contributed by atoms with van der Waals surface area (Å²) >= 11 is 0. The molecular weight excluding hydrogens is 227 g/mol. The van der Waals surface area contributed by atoms with Crippen molar-refractivity contribution in [3.8, 4) is 0 Å². The molecule has 1 unspecified atom stereocenters. The standard InChI is InChI=1S/C18H24B/c1-5-15-12-14(3)13-16(6-2)18(15)19(4)17-10-8-7-9-11-17/h7-13,19H,5-6H2,1-4H3/q-1. The first-order chi connectivity index (χ1) is 9.17. The first-order valence-corrected chi connectivity index (χ1v) is 7.60. The average Bonchev–Trinajstić information content (AvgIpc) is 2.46. The van der Waals surface area contributed by atoms with Crippen LogP contribution in [0.2, 0.25) is 6.82 Å². The summed E-state index contributed by atoms with van der Waals surface area (Å²) < 4.78 is 0. The number of hydrogen-bond donors (Lipinski definition) is 0. The molecule has 0 bridgehead atoms. The fraction of sp³-hybridized carbons (Fsp3) is 0.333. The Morgan fingerprint density at radius 2 is 1.42 bits per heavy atom. The van der Waals surface area contributed by atoms with Crippen LogP contribution in [0, 0.1) is 6.92 Å². The van der Waals surface area contributed by atoms with E-state index in [1.165, 1.54) is 11.0 Å². The van der Waals surface area contributed by atoms with Gasteiger partial charge in [0.15, 0.2) is 0 Å². The Kier molecular flexibility index (Phi) is 4.47. The number of hydrogen-bond acceptors (Lipinski definition) is 0. The fourth-order valence-electron chi connectivity index (χ4n) is 3.32. The highest BCUT2D eigenvalue weighted by Crippen LogP contribution is 2.11. The maximum absolute atomic E-state index is 2.42. The van der Waals surface area contributed by atoms with Crippen LogP contribution < -0.4 is 10.9 Å². The van der Waals surface area contributed by atoms with Gasteiger partial charge in [0, 0.05) is 6.71 Å². The summed E-state index contributed by atoms with van der Waals surface area (Å²) in [6.07, 6.45) is 2.27. The smallest absolute Gasteiger partial charge is 0.0373 e. The van der Waals surface area contributed by atoms with Crippen molar-refractivity contribution in [3.63, 3.8) is 0 Å². The third kappa shape index (κ3) is 2.92. The molecule has 0 aromatic heterocycles. The van der Waals surface area contributed by atoms with E-state index in [1.807, 2.05) is 0 Å². The molecule has 1 atom stereocenters. The zero-order valence-electron chi connectivity index (χ0n) is 12.7. The summed E-state index contributed by atoms with van der Waals surface area (Å²) in [6, 6.07) is 15.7. The molecule has 0 aliphatic heterocycles. The highest BCUT2D eigenvalue weighted by molar-refractivity contribution is 6.84. The van der Waals surface area contributed by atoms with Gasteiger partial charge in [0.2, 0.25) is 0 Å². The van der Waals surface area contributed by atoms with E-state index in [0.29, 0.717) is 0 Å². The Hall–Kier alpha value is -1.50. The lowest BCUT2D eigenvalue weighted by Gasteiger charge is -2.27. The number of benzene rings is 2. The van der Waals surface area contributed by atoms with E-state index >= 15 is 0 Å². The van der Waals surface area contributed by atoms with Crippen LogP contribution in [0.4, 0.5) is 0 Å². The topological polar surface area (TPSA) is 0 Å². The number of aryl methyl sites for hydroxylation is 3. The molecule has 0 amide bonds. The summed E-state index contributed by atoms with van der Waals surface area (Å²) in [5.41, 5.74) is 7.61. The SMILES string of the molecule is CCc1cc(C)cc(CC)c1[BH-](C)c1ccccc1. The molecule has 19 heavy (non-hydrogen) atoms. The molecule has 0 aliphatic carbocycles. The van der Waals surface area contributed by atoms with Crippen LogP contribution in [-0.4, -0.2) is 6.71 Å². The van der Waals surface area contributed by atoms with Crippen LogP contribution in [0.3, 0.4) is 0 Å². The Morgan fingerprint density at radius 3 is 1.89 bits per heavy atom. The van der Waals surface area contributed by atoms with Crippen molar-refractivity contribution >= 4 is 17.6 Å². The molecule has 1 heteroatoms. The third-order valence-electron chi connectivity index (χ3n) is 4.33. The Morgan fingerprint density at radius 1 is 0.895 bits per heavy atom. The lowest BCUT2D eigenvalue weighted by molar-refractivity contribution is 1.09. The first-order valence-electron chi connectivity index (χ1n) is 7.60. The van der Waals surface area contributed by atoms with E-state index in [9.17, 15) is 0 Å². The molecule has 2 rings (SSSR count). The Bertz CT molecular complexity index is 518. The van der Waals surface area contributed by atoms with Gasteiger partial charge >= 0.3 is 0 Å². The van der Waals surface area contributed by atoms with Gasteiger partial charge in [-0.25, -0.2) is 10.9 Å². The van der Waals surface area contributed by atoms with Gasteiger partial charge < -0.3 is 0 Å². The third-order valence-corrected chi connectivity index (χ3v) is 4.33. The lowest BCUT2D eigenvalue weighted by atomic mass is 9.40. The minimum atomic E-state index is -0.441. The van der Waals surface area contributed by atoms with E-state index < -0.39 is 6.71 Å². The van der Waals surface area contributed by atoms with Crippen LogP contribution in [-0.2, 0) is 12.8 Å². The largest absolute Gasteiger partial charge is 0.208 e. The minimum absolute atomic E-state index is 0.441. The van der Waals surface area contributed by atoms with Crippen molar-refractivity contribution in [2.24, 2.45) is 0 Å². The quantitative estimate of drug-likeness (QED) is 0.732. The van der Waals surface area contributed by atoms with Crippen molar-refractivity contribution in [2.75, 3.05) is 0 Å². The second kappa shape index (κ2) is 6.10. The molecule has 0 nitrogen and oxygen atoms in total. The molecule has 0 aliphatic rings. The van der Waals surface area contributed by atoms with Gasteiger partial charge in [-0.2, -0.15) is 6.82 Å². The zero-order valence-corrected chi connectivity index (χ0v) is 12.7. The summed E-state index contributed by atoms with van der Waals surface area (Å²) in [5, 5.41) is 0. The van der Waals surface area contributed by atoms with Crippen LogP contribution in [0.25, 0.3) is 0 Å². The van der Waals surface area contributed by atoms with Gasteiger partial charge in [-0.15, -0.1) is 0 Å². The van der Waals surface area contributed by atoms with Gasteiger partial charge in [-0.3, -0.25) is 0 Å². The zero-order chi connectivity index (χ0) is 13.8. The summed E-state index contributed by atoms with van der Waals surface area (Å²) in [7, 11) is 0. The average molecular weight is 251 g/mol. The summed E-state index contributed by atoms with van der Waals surface area (Å²) in [5.74, 6) is 0. The van der Waals surface area contributed by atoms with Crippen LogP contribution in [0.5, 0.6) is 0 Å². The maximum Gasteiger partial charge on any atom is 0.0373 e. The van der Waals surface area contributed by atoms with Crippen molar-refractivity contribution in [2.45, 2.75) is 40.4 Å². The number of rotatable bonds is 4. The highest BCUT2D eigenvalue weighted by Gasteiger charge is 2.10. The van der Waals surface area contributed by atoms with Crippen molar-refractivity contribution in [3.05, 3.63) is 59.2 Å². The molecule has 0 heterocycles. The molecular formula is C18H24B-. The summed E-state index contributed by atoms with van der Waals surface area (Å²) in [6.45, 7) is 8.73. The molecule has 0 radical (unpaired) electrons. The molecule has 0 N–H and O–H groups in total. The summed E-state index contributed by atoms with van der Waals surface area (Å²) in [4.78, 5) is 0. The highest BCUT2D eigenvalue weighted by atomic mass is 14.1. The van der Waals surface area contributed by atoms with E-state index in [1.54, 1.807) is 16.6 Å². The lowest BCUT2D eigenvalue weighted by Crippen LogP contribution is -2.43. The molecule has 2 aromatic carbocycles. The molecule has 0 fully saturated rings. The first kappa shape index (κ1) is 13.9. The van der Waals surface area contributed by atoms with Crippen LogP contribution in [0.15, 0.2) is 42.5 Å². The predicted octanol–water partition coefficient (Wildman–Crippen LogP) is 3.09. The predicted molar refractivity (Wildman–Crippen MR) is 88.7 cm³/mol. The van der Waals surface area contributed by atoms with Crippen molar-refractivity contribution in [1.82, 2.24) is 0 Å². The maximum atomic E-state index is 2.42. The van der Waals surface area contributed by atoms with Crippen molar-refractivity contribution in [1.29, 1.82) is 0 Å². The minimum Gasteiger partial charge on any atom is -0.208 e. The molecule has 2 aromatic rings. The normalized spacial score (nSPS) is 12.4. The molecule has 0 saturated carbocycles. The van der Waals surface area contributed by atoms with Crippen LogP contribution in [0.1, 0.15) is 30.5 Å². The van der Waals surface area contributed by atoms with E-state index in [2.05, 4.69) is 70.1 Å². The van der Waals surface area contributed by atoms with Crippen molar-refractivity contribution < 1.29 is 0 Å². The van der Waals surface area contributed by atoms with Gasteiger partial charge in [0.25, 0.3) is 0 Å². The molecule has 100 valence electrons. The second-order valence-electron chi connectivity index (χ2n) is 5.64. The van der Waals surface area contributed by atoms with E-state index in [4.69, 9.17) is 0 Å². The van der Waals surface area contributed by atoms with Gasteiger partial charge in [0.05, 0.1) is 0 Å². The van der Waals surface area contributed by atoms with Crippen LogP contribution >= 0.6 is 0 Å². The molecule has 0 spiro atoms. The van der Waals surface area contributed by atoms with E-state index in [-0.39, 0.29) is 0 Å². The Labute approximate surface area is 118 Å². The fourth-order valence-corrected chi connectivity index (χ4v) is 3.32. The monoisotopic (exact) mass is 251 g/mol. The Balaban J connectivity index is 2.54. The van der Waals surface area contributed by atoms with Gasteiger partial charge in [-0.1, -0.05) is 73.0 Å². The van der Waals surface area contributed by atoms with E-state index in [0.717, 1.165) is 12.8 Å². The molecule has 0 saturated heterocycles. The van der Waals surface area contributed by atoms with Gasteiger partial charge in [0.1, 0.15) is 0 Å². The second-order valence-corrected chi connectivity index (χ2v) is 5.64.